The van der Waals surface area contributed by atoms with E-state index in [0.29, 0.717) is 33.7 Å². The monoisotopic (exact) mass is 483 g/mol. The Morgan fingerprint density at radius 1 is 1.09 bits per heavy atom. The smallest absolute Gasteiger partial charge is 0.228 e. The molecule has 0 bridgehead atoms. The highest BCUT2D eigenvalue weighted by Gasteiger charge is 2.18. The van der Waals surface area contributed by atoms with Crippen molar-refractivity contribution in [3.63, 3.8) is 0 Å². The van der Waals surface area contributed by atoms with Gasteiger partial charge in [0, 0.05) is 22.4 Å². The maximum Gasteiger partial charge on any atom is 0.228 e. The SMILES string of the molecule is CS(=O)(=O)c1cc(NC(=O)Cc2ccccc2Cl)cc2c1cnn2Cc1ccc(CO)cc1. The van der Waals surface area contributed by atoms with Crippen LogP contribution in [0.25, 0.3) is 10.9 Å². The second kappa shape index (κ2) is 9.35. The quantitative estimate of drug-likeness (QED) is 0.416. The number of aromatic nitrogens is 2. The van der Waals surface area contributed by atoms with E-state index in [4.69, 9.17) is 11.6 Å². The van der Waals surface area contributed by atoms with Crippen molar-refractivity contribution in [2.75, 3.05) is 11.6 Å². The largest absolute Gasteiger partial charge is 0.392 e. The molecule has 9 heteroatoms. The van der Waals surface area contributed by atoms with Crippen molar-refractivity contribution in [1.82, 2.24) is 9.78 Å². The van der Waals surface area contributed by atoms with Gasteiger partial charge >= 0.3 is 0 Å². The van der Waals surface area contributed by atoms with Crippen LogP contribution in [0.15, 0.2) is 71.8 Å². The lowest BCUT2D eigenvalue weighted by atomic mass is 10.1. The van der Waals surface area contributed by atoms with Crippen LogP contribution in [0.3, 0.4) is 0 Å². The van der Waals surface area contributed by atoms with Crippen LogP contribution in [0.5, 0.6) is 0 Å². The molecule has 2 N–H and O–H groups in total. The minimum atomic E-state index is -3.58. The molecular formula is C24H22ClN3O4S. The number of halogens is 1. The summed E-state index contributed by atoms with van der Waals surface area (Å²) in [4.78, 5) is 12.7. The van der Waals surface area contributed by atoms with Crippen LogP contribution < -0.4 is 5.32 Å². The van der Waals surface area contributed by atoms with Gasteiger partial charge in [0.25, 0.3) is 0 Å². The fourth-order valence-corrected chi connectivity index (χ4v) is 4.69. The van der Waals surface area contributed by atoms with Crippen molar-refractivity contribution in [3.05, 3.63) is 88.6 Å². The third-order valence-electron chi connectivity index (χ3n) is 5.25. The molecule has 170 valence electrons. The molecule has 1 heterocycles. The molecule has 0 fully saturated rings. The highest BCUT2D eigenvalue weighted by atomic mass is 35.5. The van der Waals surface area contributed by atoms with Crippen molar-refractivity contribution in [2.45, 2.75) is 24.5 Å². The minimum Gasteiger partial charge on any atom is -0.392 e. The first kappa shape index (κ1) is 23.0. The molecule has 0 radical (unpaired) electrons. The van der Waals surface area contributed by atoms with Gasteiger partial charge in [0.05, 0.1) is 36.2 Å². The molecule has 0 atom stereocenters. The Balaban J connectivity index is 1.68. The molecular weight excluding hydrogens is 462 g/mol. The number of carbonyl (C=O) groups is 1. The van der Waals surface area contributed by atoms with Gasteiger partial charge in [-0.15, -0.1) is 0 Å². The second-order valence-corrected chi connectivity index (χ2v) is 10.2. The highest BCUT2D eigenvalue weighted by molar-refractivity contribution is 7.91. The van der Waals surface area contributed by atoms with E-state index in [1.807, 2.05) is 24.3 Å². The molecule has 4 aromatic rings. The molecule has 1 amide bonds. The van der Waals surface area contributed by atoms with Gasteiger partial charge in [-0.25, -0.2) is 8.42 Å². The number of hydrogen-bond donors (Lipinski definition) is 2. The number of nitrogens with one attached hydrogen (secondary N) is 1. The van der Waals surface area contributed by atoms with Gasteiger partial charge < -0.3 is 10.4 Å². The van der Waals surface area contributed by atoms with Gasteiger partial charge in [-0.05, 0) is 34.9 Å². The third-order valence-corrected chi connectivity index (χ3v) is 6.76. The van der Waals surface area contributed by atoms with E-state index in [0.717, 1.165) is 17.4 Å². The number of sulfone groups is 1. The summed E-state index contributed by atoms with van der Waals surface area (Å²) in [6.07, 6.45) is 2.70. The summed E-state index contributed by atoms with van der Waals surface area (Å²) in [5.41, 5.74) is 3.35. The average molecular weight is 484 g/mol. The number of aliphatic hydroxyl groups excluding tert-OH is 1. The molecule has 0 aliphatic rings. The summed E-state index contributed by atoms with van der Waals surface area (Å²) >= 11 is 6.15. The lowest BCUT2D eigenvalue weighted by Gasteiger charge is -2.11. The van der Waals surface area contributed by atoms with Crippen molar-refractivity contribution >= 4 is 43.9 Å². The zero-order valence-corrected chi connectivity index (χ0v) is 19.4. The highest BCUT2D eigenvalue weighted by Crippen LogP contribution is 2.28. The van der Waals surface area contributed by atoms with E-state index in [9.17, 15) is 18.3 Å². The van der Waals surface area contributed by atoms with Crippen LogP contribution in [-0.4, -0.2) is 35.5 Å². The summed E-state index contributed by atoms with van der Waals surface area (Å²) in [6.45, 7) is 0.357. The Morgan fingerprint density at radius 3 is 2.45 bits per heavy atom. The lowest BCUT2D eigenvalue weighted by Crippen LogP contribution is -2.15. The van der Waals surface area contributed by atoms with Gasteiger partial charge in [-0.2, -0.15) is 5.10 Å². The van der Waals surface area contributed by atoms with E-state index in [1.165, 1.54) is 12.3 Å². The fourth-order valence-electron chi connectivity index (χ4n) is 3.59. The number of carbonyl (C=O) groups excluding carboxylic acids is 1. The van der Waals surface area contributed by atoms with Gasteiger partial charge in [-0.1, -0.05) is 54.1 Å². The fraction of sp³-hybridized carbons (Fsp3) is 0.167. The Labute approximate surface area is 196 Å². The van der Waals surface area contributed by atoms with E-state index in [1.54, 1.807) is 35.0 Å². The predicted octanol–water partition coefficient (Wildman–Crippen LogP) is 3.82. The van der Waals surface area contributed by atoms with Crippen LogP contribution in [-0.2, 0) is 34.2 Å². The first-order valence-corrected chi connectivity index (χ1v) is 12.4. The van der Waals surface area contributed by atoms with E-state index in [2.05, 4.69) is 10.4 Å². The topological polar surface area (TPSA) is 101 Å². The maximum atomic E-state index is 12.6. The van der Waals surface area contributed by atoms with E-state index < -0.39 is 9.84 Å². The number of anilines is 1. The van der Waals surface area contributed by atoms with E-state index >= 15 is 0 Å². The Bertz CT molecular complexity index is 1430. The van der Waals surface area contributed by atoms with Crippen molar-refractivity contribution in [2.24, 2.45) is 0 Å². The first-order valence-electron chi connectivity index (χ1n) is 10.2. The number of hydrogen-bond acceptors (Lipinski definition) is 5. The standard InChI is InChI=1S/C24H22ClN3O4S/c1-33(31,32)23-12-19(27-24(30)10-18-4-2-3-5-21(18)25)11-22-20(23)13-26-28(22)14-16-6-8-17(15-29)9-7-16/h2-9,11-13,29H,10,14-15H2,1H3,(H,27,30). The molecule has 3 aromatic carbocycles. The zero-order valence-electron chi connectivity index (χ0n) is 17.8. The molecule has 4 rings (SSSR count). The molecule has 0 saturated carbocycles. The molecule has 0 unspecified atom stereocenters. The first-order chi connectivity index (χ1) is 15.7. The Hall–Kier alpha value is -3.20. The van der Waals surface area contributed by atoms with Gasteiger partial charge in [0.15, 0.2) is 9.84 Å². The summed E-state index contributed by atoms with van der Waals surface area (Å²) in [5, 5.41) is 17.4. The molecule has 0 aliphatic heterocycles. The Kier molecular flexibility index (Phi) is 6.51. The van der Waals surface area contributed by atoms with E-state index in [-0.39, 0.29) is 23.8 Å². The predicted molar refractivity (Wildman–Crippen MR) is 128 cm³/mol. The van der Waals surface area contributed by atoms with Crippen LogP contribution in [0.1, 0.15) is 16.7 Å². The zero-order chi connectivity index (χ0) is 23.6. The molecule has 0 spiro atoms. The average Bonchev–Trinajstić information content (AvgIpc) is 3.17. The second-order valence-electron chi connectivity index (χ2n) is 7.77. The lowest BCUT2D eigenvalue weighted by molar-refractivity contribution is -0.115. The number of amides is 1. The minimum absolute atomic E-state index is 0.0417. The normalized spacial score (nSPS) is 11.6. The van der Waals surface area contributed by atoms with Gasteiger partial charge in [-0.3, -0.25) is 9.48 Å². The number of rotatable bonds is 7. The van der Waals surface area contributed by atoms with Gasteiger partial charge in [0.1, 0.15) is 0 Å². The molecule has 33 heavy (non-hydrogen) atoms. The number of nitrogens with zero attached hydrogens (tertiary/aromatic N) is 2. The van der Waals surface area contributed by atoms with Crippen molar-refractivity contribution < 1.29 is 18.3 Å². The summed E-state index contributed by atoms with van der Waals surface area (Å²) in [6, 6.07) is 17.6. The number of benzene rings is 3. The number of aliphatic hydroxyl groups is 1. The van der Waals surface area contributed by atoms with Crippen LogP contribution in [0.4, 0.5) is 5.69 Å². The van der Waals surface area contributed by atoms with Crippen LogP contribution >= 0.6 is 11.6 Å². The maximum absolute atomic E-state index is 12.6. The van der Waals surface area contributed by atoms with Crippen LogP contribution in [0.2, 0.25) is 5.02 Å². The molecule has 7 nitrogen and oxygen atoms in total. The summed E-state index contributed by atoms with van der Waals surface area (Å²) in [5.74, 6) is -0.312. The third kappa shape index (κ3) is 5.24. The van der Waals surface area contributed by atoms with Crippen molar-refractivity contribution in [1.29, 1.82) is 0 Å². The number of fused-ring (bicyclic) bond motifs is 1. The van der Waals surface area contributed by atoms with Crippen LogP contribution in [0, 0.1) is 0 Å². The van der Waals surface area contributed by atoms with Gasteiger partial charge in [0.2, 0.25) is 5.91 Å². The molecule has 0 aliphatic carbocycles. The summed E-state index contributed by atoms with van der Waals surface area (Å²) < 4.78 is 26.6. The Morgan fingerprint density at radius 2 is 1.79 bits per heavy atom. The molecule has 0 saturated heterocycles. The van der Waals surface area contributed by atoms with Crippen molar-refractivity contribution in [3.8, 4) is 0 Å². The molecule has 1 aromatic heterocycles. The summed E-state index contributed by atoms with van der Waals surface area (Å²) in [7, 11) is -3.58.